The van der Waals surface area contributed by atoms with Gasteiger partial charge >= 0.3 is 0 Å². The van der Waals surface area contributed by atoms with Crippen LogP contribution in [0.25, 0.3) is 0 Å². The summed E-state index contributed by atoms with van der Waals surface area (Å²) in [6.07, 6.45) is 0. The van der Waals surface area contributed by atoms with Gasteiger partial charge in [-0.05, 0) is 29.3 Å². The Morgan fingerprint density at radius 2 is 1.95 bits per heavy atom. The summed E-state index contributed by atoms with van der Waals surface area (Å²) in [6.45, 7) is 0.523. The third kappa shape index (κ3) is 3.05. The van der Waals surface area contributed by atoms with Crippen molar-refractivity contribution in [1.82, 2.24) is 0 Å². The van der Waals surface area contributed by atoms with Crippen molar-refractivity contribution in [1.29, 1.82) is 0 Å². The molecule has 0 radical (unpaired) electrons. The molecule has 0 unspecified atom stereocenters. The highest BCUT2D eigenvalue weighted by molar-refractivity contribution is 7.98. The largest absolute Gasteiger partial charge is 0.306 e. The van der Waals surface area contributed by atoms with Crippen LogP contribution in [0.1, 0.15) is 11.1 Å². The number of amides is 1. The van der Waals surface area contributed by atoms with Gasteiger partial charge in [-0.1, -0.05) is 35.9 Å². The van der Waals surface area contributed by atoms with Crippen molar-refractivity contribution in [2.45, 2.75) is 17.2 Å². The lowest BCUT2D eigenvalue weighted by Crippen LogP contribution is -2.32. The highest BCUT2D eigenvalue weighted by atomic mass is 35.5. The standard InChI is InChI=1S/C16H13Cl2NOS/c17-8-16(20)19-9-11-3-1-2-4-12(11)10-21-15-6-5-13(18)7-14(15)19/h1-7H,8-10H2. The zero-order valence-electron chi connectivity index (χ0n) is 11.2. The maximum Gasteiger partial charge on any atom is 0.242 e. The molecule has 1 heterocycles. The fourth-order valence-electron chi connectivity index (χ4n) is 2.38. The maximum absolute atomic E-state index is 12.3. The molecule has 0 fully saturated rings. The Bertz CT molecular complexity index is 690. The maximum atomic E-state index is 12.3. The summed E-state index contributed by atoms with van der Waals surface area (Å²) >= 11 is 13.6. The van der Waals surface area contributed by atoms with Crippen LogP contribution in [-0.2, 0) is 17.1 Å². The van der Waals surface area contributed by atoms with Crippen LogP contribution >= 0.6 is 35.0 Å². The molecule has 0 saturated heterocycles. The van der Waals surface area contributed by atoms with Gasteiger partial charge in [0.1, 0.15) is 5.88 Å². The molecule has 1 amide bonds. The number of hydrogen-bond acceptors (Lipinski definition) is 2. The summed E-state index contributed by atoms with van der Waals surface area (Å²) in [5.74, 6) is 0.726. The Morgan fingerprint density at radius 1 is 1.19 bits per heavy atom. The molecule has 0 bridgehead atoms. The lowest BCUT2D eigenvalue weighted by molar-refractivity contribution is -0.116. The summed E-state index contributed by atoms with van der Waals surface area (Å²) in [4.78, 5) is 15.0. The van der Waals surface area contributed by atoms with E-state index < -0.39 is 0 Å². The summed E-state index contributed by atoms with van der Waals surface area (Å²) in [6, 6.07) is 13.8. The Kier molecular flexibility index (Phi) is 4.43. The van der Waals surface area contributed by atoms with Gasteiger partial charge in [-0.3, -0.25) is 4.79 Å². The van der Waals surface area contributed by atoms with Crippen LogP contribution in [0.3, 0.4) is 0 Å². The number of hydrogen-bond donors (Lipinski definition) is 0. The van der Waals surface area contributed by atoms with E-state index in [9.17, 15) is 4.79 Å². The molecule has 0 aliphatic carbocycles. The predicted octanol–water partition coefficient (Wildman–Crippen LogP) is 4.72. The fourth-order valence-corrected chi connectivity index (χ4v) is 3.77. The summed E-state index contributed by atoms with van der Waals surface area (Å²) in [5.41, 5.74) is 3.23. The smallest absolute Gasteiger partial charge is 0.242 e. The molecule has 21 heavy (non-hydrogen) atoms. The molecule has 2 aromatic rings. The van der Waals surface area contributed by atoms with Crippen LogP contribution < -0.4 is 4.90 Å². The lowest BCUT2D eigenvalue weighted by atomic mass is 10.1. The molecular weight excluding hydrogens is 325 g/mol. The Labute approximate surface area is 138 Å². The first-order valence-corrected chi connectivity index (χ1v) is 8.44. The second-order valence-electron chi connectivity index (χ2n) is 4.78. The van der Waals surface area contributed by atoms with Crippen LogP contribution in [0.15, 0.2) is 47.4 Å². The molecular formula is C16H13Cl2NOS. The van der Waals surface area contributed by atoms with E-state index in [-0.39, 0.29) is 11.8 Å². The molecule has 0 saturated carbocycles. The van der Waals surface area contributed by atoms with Crippen molar-refractivity contribution in [3.8, 4) is 0 Å². The van der Waals surface area contributed by atoms with E-state index >= 15 is 0 Å². The van der Waals surface area contributed by atoms with Gasteiger partial charge in [-0.15, -0.1) is 23.4 Å². The summed E-state index contributed by atoms with van der Waals surface area (Å²) in [7, 11) is 0. The fraction of sp³-hybridized carbons (Fsp3) is 0.188. The predicted molar refractivity (Wildman–Crippen MR) is 89.4 cm³/mol. The molecule has 3 rings (SSSR count). The van der Waals surface area contributed by atoms with E-state index in [0.717, 1.165) is 21.9 Å². The second-order valence-corrected chi connectivity index (χ2v) is 6.50. The minimum Gasteiger partial charge on any atom is -0.306 e. The number of carbonyl (C=O) groups excluding carboxylic acids is 1. The molecule has 0 aromatic heterocycles. The normalized spacial score (nSPS) is 13.9. The number of fused-ring (bicyclic) bond motifs is 2. The molecule has 1 aliphatic heterocycles. The summed E-state index contributed by atoms with van der Waals surface area (Å²) < 4.78 is 0. The van der Waals surface area contributed by atoms with Gasteiger partial charge < -0.3 is 4.90 Å². The van der Waals surface area contributed by atoms with E-state index in [1.54, 1.807) is 16.7 Å². The van der Waals surface area contributed by atoms with Crippen molar-refractivity contribution in [3.05, 3.63) is 58.6 Å². The number of anilines is 1. The number of thioether (sulfide) groups is 1. The number of rotatable bonds is 1. The van der Waals surface area contributed by atoms with Gasteiger partial charge in [0.05, 0.1) is 12.2 Å². The zero-order valence-corrected chi connectivity index (χ0v) is 13.5. The third-order valence-electron chi connectivity index (χ3n) is 3.46. The average molecular weight is 338 g/mol. The van der Waals surface area contributed by atoms with Gasteiger partial charge in [0, 0.05) is 15.7 Å². The molecule has 1 aliphatic rings. The minimum absolute atomic E-state index is 0.0429. The van der Waals surface area contributed by atoms with Gasteiger partial charge in [0.2, 0.25) is 5.91 Å². The first-order valence-electron chi connectivity index (χ1n) is 6.54. The van der Waals surface area contributed by atoms with E-state index in [1.807, 2.05) is 30.3 Å². The molecule has 0 atom stereocenters. The molecule has 2 nitrogen and oxygen atoms in total. The van der Waals surface area contributed by atoms with Crippen molar-refractivity contribution in [2.24, 2.45) is 0 Å². The topological polar surface area (TPSA) is 20.3 Å². The number of halogens is 2. The van der Waals surface area contributed by atoms with E-state index in [2.05, 4.69) is 12.1 Å². The van der Waals surface area contributed by atoms with Crippen LogP contribution in [-0.4, -0.2) is 11.8 Å². The number of alkyl halides is 1. The third-order valence-corrected chi connectivity index (χ3v) is 5.03. The van der Waals surface area contributed by atoms with Gasteiger partial charge in [-0.25, -0.2) is 0 Å². The molecule has 0 spiro atoms. The first-order chi connectivity index (χ1) is 10.2. The average Bonchev–Trinajstić information content (AvgIpc) is 2.49. The van der Waals surface area contributed by atoms with E-state index in [4.69, 9.17) is 23.2 Å². The van der Waals surface area contributed by atoms with Crippen molar-refractivity contribution in [2.75, 3.05) is 10.8 Å². The Morgan fingerprint density at radius 3 is 2.71 bits per heavy atom. The van der Waals surface area contributed by atoms with Crippen molar-refractivity contribution >= 4 is 46.6 Å². The van der Waals surface area contributed by atoms with Crippen LogP contribution in [0.4, 0.5) is 5.69 Å². The highest BCUT2D eigenvalue weighted by Gasteiger charge is 2.22. The molecule has 108 valence electrons. The Hall–Kier alpha value is -1.16. The van der Waals surface area contributed by atoms with Crippen LogP contribution in [0.5, 0.6) is 0 Å². The highest BCUT2D eigenvalue weighted by Crippen LogP contribution is 2.38. The SMILES string of the molecule is O=C(CCl)N1Cc2ccccc2CSc2ccc(Cl)cc21. The number of benzene rings is 2. The van der Waals surface area contributed by atoms with Gasteiger partial charge in [0.25, 0.3) is 0 Å². The molecule has 5 heteroatoms. The van der Waals surface area contributed by atoms with Crippen molar-refractivity contribution < 1.29 is 4.79 Å². The molecule has 0 N–H and O–H groups in total. The second kappa shape index (κ2) is 6.30. The van der Waals surface area contributed by atoms with Gasteiger partial charge in [0.15, 0.2) is 0 Å². The number of nitrogens with zero attached hydrogens (tertiary/aromatic N) is 1. The minimum atomic E-state index is -0.113. The zero-order chi connectivity index (χ0) is 14.8. The summed E-state index contributed by atoms with van der Waals surface area (Å²) in [5, 5.41) is 0.621. The Balaban J connectivity index is 2.10. The van der Waals surface area contributed by atoms with Crippen LogP contribution in [0, 0.1) is 0 Å². The van der Waals surface area contributed by atoms with Crippen molar-refractivity contribution in [3.63, 3.8) is 0 Å². The van der Waals surface area contributed by atoms with E-state index in [0.29, 0.717) is 11.6 Å². The monoisotopic (exact) mass is 337 g/mol. The van der Waals surface area contributed by atoms with E-state index in [1.165, 1.54) is 5.56 Å². The number of carbonyl (C=O) groups is 1. The lowest BCUT2D eigenvalue weighted by Gasteiger charge is -2.28. The molecule has 2 aromatic carbocycles. The van der Waals surface area contributed by atoms with Crippen LogP contribution in [0.2, 0.25) is 5.02 Å². The quantitative estimate of drug-likeness (QED) is 0.702. The first kappa shape index (κ1) is 14.8. The van der Waals surface area contributed by atoms with Gasteiger partial charge in [-0.2, -0.15) is 0 Å².